The van der Waals surface area contributed by atoms with E-state index in [1.165, 1.54) is 0 Å². The van der Waals surface area contributed by atoms with Crippen molar-refractivity contribution in [2.24, 2.45) is 23.7 Å². The van der Waals surface area contributed by atoms with Gasteiger partial charge in [-0.1, -0.05) is 27.7 Å². The first-order valence-corrected chi connectivity index (χ1v) is 8.53. The molecule has 0 aromatic heterocycles. The average Bonchev–Trinajstić information content (AvgIpc) is 2.32. The molecular weight excluding hydrogens is 292 g/mol. The SMILES string of the molecule is C[C@@H]1CC(F)(F)C(C)(F)C[C@@H]1C.C[C@@H]1CCC(C)(F)C[C@@H]1C. The molecule has 6 atom stereocenters. The molecule has 0 spiro atoms. The fourth-order valence-corrected chi connectivity index (χ4v) is 3.56. The summed E-state index contributed by atoms with van der Waals surface area (Å²) in [5.74, 6) is -1.87. The van der Waals surface area contributed by atoms with Crippen LogP contribution in [0.25, 0.3) is 0 Å². The van der Waals surface area contributed by atoms with Gasteiger partial charge < -0.3 is 0 Å². The quantitative estimate of drug-likeness (QED) is 0.441. The second-order valence-corrected chi connectivity index (χ2v) is 8.38. The summed E-state index contributed by atoms with van der Waals surface area (Å²) >= 11 is 0. The van der Waals surface area contributed by atoms with E-state index in [9.17, 15) is 17.6 Å². The van der Waals surface area contributed by atoms with E-state index in [0.29, 0.717) is 5.92 Å². The Morgan fingerprint density at radius 1 is 0.682 bits per heavy atom. The third kappa shape index (κ3) is 4.86. The zero-order valence-electron chi connectivity index (χ0n) is 14.9. The monoisotopic (exact) mass is 324 g/mol. The van der Waals surface area contributed by atoms with Gasteiger partial charge in [0, 0.05) is 6.42 Å². The van der Waals surface area contributed by atoms with Crippen molar-refractivity contribution < 1.29 is 17.6 Å². The lowest BCUT2D eigenvalue weighted by Gasteiger charge is -2.41. The number of hydrogen-bond donors (Lipinski definition) is 0. The molecule has 2 saturated carbocycles. The minimum Gasteiger partial charge on any atom is -0.244 e. The molecule has 2 fully saturated rings. The van der Waals surface area contributed by atoms with Crippen molar-refractivity contribution in [1.82, 2.24) is 0 Å². The molecule has 2 aliphatic carbocycles. The van der Waals surface area contributed by atoms with Gasteiger partial charge in [-0.05, 0) is 63.2 Å². The summed E-state index contributed by atoms with van der Waals surface area (Å²) in [6.45, 7) is 10.7. The highest BCUT2D eigenvalue weighted by atomic mass is 19.3. The largest absolute Gasteiger partial charge is 0.281 e. The first kappa shape index (κ1) is 19.8. The van der Waals surface area contributed by atoms with Crippen molar-refractivity contribution in [2.45, 2.75) is 90.9 Å². The van der Waals surface area contributed by atoms with Gasteiger partial charge in [0.1, 0.15) is 5.67 Å². The molecule has 0 aromatic carbocycles. The zero-order valence-corrected chi connectivity index (χ0v) is 14.9. The van der Waals surface area contributed by atoms with Crippen LogP contribution in [0.15, 0.2) is 0 Å². The topological polar surface area (TPSA) is 0 Å². The first-order chi connectivity index (χ1) is 9.77. The smallest absolute Gasteiger partial charge is 0.244 e. The van der Waals surface area contributed by atoms with E-state index in [-0.39, 0.29) is 24.7 Å². The molecule has 0 aliphatic heterocycles. The summed E-state index contributed by atoms with van der Waals surface area (Å²) in [7, 11) is 0. The number of rotatable bonds is 0. The van der Waals surface area contributed by atoms with Gasteiger partial charge >= 0.3 is 0 Å². The molecular formula is C18H32F4. The van der Waals surface area contributed by atoms with Gasteiger partial charge in [0.05, 0.1) is 0 Å². The van der Waals surface area contributed by atoms with Gasteiger partial charge in [0.2, 0.25) is 0 Å². The highest BCUT2D eigenvalue weighted by Crippen LogP contribution is 2.48. The van der Waals surface area contributed by atoms with Crippen LogP contribution >= 0.6 is 0 Å². The van der Waals surface area contributed by atoms with E-state index in [4.69, 9.17) is 0 Å². The van der Waals surface area contributed by atoms with Crippen LogP contribution in [0.1, 0.15) is 73.6 Å². The van der Waals surface area contributed by atoms with Crippen molar-refractivity contribution in [3.05, 3.63) is 0 Å². The minimum atomic E-state index is -3.14. The van der Waals surface area contributed by atoms with Crippen LogP contribution in [-0.4, -0.2) is 17.3 Å². The standard InChI is InChI=1S/C9H15F3.C9H17F/c1-6-4-8(3,10)9(11,12)5-7(6)2;1-7-4-5-9(3,10)6-8(7)2/h6-7H,4-5H2,1-3H3;7-8H,4-6H2,1-3H3/t6-,7+,8?;7-,8+,9?/m01/s1. The van der Waals surface area contributed by atoms with Gasteiger partial charge in [-0.15, -0.1) is 0 Å². The fourth-order valence-electron chi connectivity index (χ4n) is 3.56. The van der Waals surface area contributed by atoms with Gasteiger partial charge in [0.25, 0.3) is 5.92 Å². The second kappa shape index (κ2) is 6.68. The molecule has 2 rings (SSSR count). The normalized spacial score (nSPS) is 48.3. The molecule has 0 nitrogen and oxygen atoms in total. The van der Waals surface area contributed by atoms with Crippen LogP contribution in [-0.2, 0) is 0 Å². The maximum atomic E-state index is 13.3. The van der Waals surface area contributed by atoms with Crippen LogP contribution in [0.4, 0.5) is 17.6 Å². The van der Waals surface area contributed by atoms with Crippen LogP contribution in [0, 0.1) is 23.7 Å². The lowest BCUT2D eigenvalue weighted by atomic mass is 9.72. The molecule has 22 heavy (non-hydrogen) atoms. The van der Waals surface area contributed by atoms with Crippen LogP contribution in [0.2, 0.25) is 0 Å². The minimum absolute atomic E-state index is 0.0266. The molecule has 132 valence electrons. The van der Waals surface area contributed by atoms with Crippen molar-refractivity contribution in [2.75, 3.05) is 0 Å². The molecule has 4 heteroatoms. The van der Waals surface area contributed by atoms with Gasteiger partial charge in [-0.25, -0.2) is 17.6 Å². The zero-order chi connectivity index (χ0) is 17.3. The average molecular weight is 324 g/mol. The molecule has 0 saturated heterocycles. The van der Waals surface area contributed by atoms with E-state index in [1.54, 1.807) is 13.8 Å². The number of alkyl halides is 4. The predicted molar refractivity (Wildman–Crippen MR) is 83.7 cm³/mol. The Bertz CT molecular complexity index is 342. The maximum absolute atomic E-state index is 13.3. The molecule has 0 N–H and O–H groups in total. The van der Waals surface area contributed by atoms with Crippen molar-refractivity contribution in [3.8, 4) is 0 Å². The molecule has 0 aromatic rings. The van der Waals surface area contributed by atoms with Gasteiger partial charge in [-0.3, -0.25) is 0 Å². The fraction of sp³-hybridized carbons (Fsp3) is 1.00. The summed E-state index contributed by atoms with van der Waals surface area (Å²) in [5.41, 5.74) is -3.18. The van der Waals surface area contributed by atoms with Crippen molar-refractivity contribution >= 4 is 0 Å². The summed E-state index contributed by atoms with van der Waals surface area (Å²) < 4.78 is 52.7. The summed E-state index contributed by atoms with van der Waals surface area (Å²) in [6.07, 6.45) is 2.24. The number of halogens is 4. The Labute approximate surface area is 133 Å². The van der Waals surface area contributed by atoms with Crippen LogP contribution < -0.4 is 0 Å². The molecule has 0 heterocycles. The van der Waals surface area contributed by atoms with Gasteiger partial charge in [-0.2, -0.15) is 0 Å². The van der Waals surface area contributed by atoms with E-state index in [1.807, 2.05) is 6.92 Å². The maximum Gasteiger partial charge on any atom is 0.281 e. The highest BCUT2D eigenvalue weighted by Gasteiger charge is 2.55. The van der Waals surface area contributed by atoms with Gasteiger partial charge in [0.15, 0.2) is 5.67 Å². The third-order valence-corrected chi connectivity index (χ3v) is 5.86. The molecule has 0 amide bonds. The Hall–Kier alpha value is -0.280. The van der Waals surface area contributed by atoms with Crippen molar-refractivity contribution in [3.63, 3.8) is 0 Å². The molecule has 0 radical (unpaired) electrons. The summed E-state index contributed by atoms with van der Waals surface area (Å²) in [5, 5.41) is 0. The van der Waals surface area contributed by atoms with E-state index in [2.05, 4.69) is 13.8 Å². The summed E-state index contributed by atoms with van der Waals surface area (Å²) in [6, 6.07) is 0. The van der Waals surface area contributed by atoms with Crippen LogP contribution in [0.3, 0.4) is 0 Å². The Kier molecular flexibility index (Phi) is 6.01. The van der Waals surface area contributed by atoms with E-state index >= 15 is 0 Å². The van der Waals surface area contributed by atoms with E-state index < -0.39 is 17.3 Å². The Morgan fingerprint density at radius 3 is 1.55 bits per heavy atom. The third-order valence-electron chi connectivity index (χ3n) is 5.86. The molecule has 2 aliphatic rings. The lowest BCUT2D eigenvalue weighted by molar-refractivity contribution is -0.175. The molecule has 2 unspecified atom stereocenters. The Morgan fingerprint density at radius 2 is 1.14 bits per heavy atom. The lowest BCUT2D eigenvalue weighted by Crippen LogP contribution is -2.49. The molecule has 0 bridgehead atoms. The predicted octanol–water partition coefficient (Wildman–Crippen LogP) is 6.59. The first-order valence-electron chi connectivity index (χ1n) is 8.53. The number of hydrogen-bond acceptors (Lipinski definition) is 0. The van der Waals surface area contributed by atoms with Crippen molar-refractivity contribution in [1.29, 1.82) is 0 Å². The Balaban J connectivity index is 0.000000224. The highest BCUT2D eigenvalue weighted by molar-refractivity contribution is 4.97. The second-order valence-electron chi connectivity index (χ2n) is 8.38. The summed E-state index contributed by atoms with van der Waals surface area (Å²) in [4.78, 5) is 0. The van der Waals surface area contributed by atoms with E-state index in [0.717, 1.165) is 32.1 Å². The van der Waals surface area contributed by atoms with Crippen LogP contribution in [0.5, 0.6) is 0 Å².